The fourth-order valence-electron chi connectivity index (χ4n) is 1.85. The van der Waals surface area contributed by atoms with Gasteiger partial charge in [-0.2, -0.15) is 0 Å². The lowest BCUT2D eigenvalue weighted by atomic mass is 10.2. The van der Waals surface area contributed by atoms with Crippen LogP contribution >= 0.6 is 12.4 Å². The van der Waals surface area contributed by atoms with Crippen LogP contribution in [-0.4, -0.2) is 30.1 Å². The van der Waals surface area contributed by atoms with Gasteiger partial charge in [0, 0.05) is 24.7 Å². The molecule has 0 aromatic heterocycles. The molecular weight excluding hydrogens is 286 g/mol. The monoisotopic (exact) mass is 301 g/mol. The number of nitrogens with zero attached hydrogens (tertiary/aromatic N) is 1. The summed E-state index contributed by atoms with van der Waals surface area (Å²) in [7, 11) is 0. The first-order chi connectivity index (χ1) is 9.15. The second-order valence-corrected chi connectivity index (χ2v) is 4.33. The SMILES string of the molecule is Cl.O=C(N[C@@H]1CCNC1)OCc1ccc([N+](=O)[O-])cc1. The molecule has 2 N–H and O–H groups in total. The zero-order valence-corrected chi connectivity index (χ0v) is 11.5. The molecule has 7 nitrogen and oxygen atoms in total. The molecule has 0 radical (unpaired) electrons. The van der Waals surface area contributed by atoms with Gasteiger partial charge in [-0.1, -0.05) is 0 Å². The normalized spacial score (nSPS) is 17.1. The Morgan fingerprint density at radius 2 is 2.15 bits per heavy atom. The van der Waals surface area contributed by atoms with Gasteiger partial charge in [-0.15, -0.1) is 12.4 Å². The number of halogens is 1. The van der Waals surface area contributed by atoms with E-state index in [1.54, 1.807) is 12.1 Å². The predicted octanol–water partition coefficient (Wildman–Crippen LogP) is 1.60. The summed E-state index contributed by atoms with van der Waals surface area (Å²) in [6, 6.07) is 6.03. The smallest absolute Gasteiger partial charge is 0.407 e. The average Bonchev–Trinajstić information content (AvgIpc) is 2.89. The Balaban J connectivity index is 0.00000200. The highest BCUT2D eigenvalue weighted by molar-refractivity contribution is 5.85. The predicted molar refractivity (Wildman–Crippen MR) is 74.9 cm³/mol. The maximum atomic E-state index is 11.5. The van der Waals surface area contributed by atoms with Crippen LogP contribution in [0.25, 0.3) is 0 Å². The van der Waals surface area contributed by atoms with Crippen molar-refractivity contribution in [2.24, 2.45) is 0 Å². The van der Waals surface area contributed by atoms with Crippen molar-refractivity contribution in [1.29, 1.82) is 0 Å². The van der Waals surface area contributed by atoms with Gasteiger partial charge in [-0.3, -0.25) is 10.1 Å². The third-order valence-corrected chi connectivity index (χ3v) is 2.90. The molecule has 0 spiro atoms. The summed E-state index contributed by atoms with van der Waals surface area (Å²) < 4.78 is 5.04. The van der Waals surface area contributed by atoms with E-state index in [2.05, 4.69) is 10.6 Å². The number of ether oxygens (including phenoxy) is 1. The molecular formula is C12H16ClN3O4. The van der Waals surface area contributed by atoms with Crippen molar-refractivity contribution in [3.8, 4) is 0 Å². The molecule has 1 aliphatic heterocycles. The lowest BCUT2D eigenvalue weighted by Gasteiger charge is -2.11. The number of carbonyl (C=O) groups is 1. The van der Waals surface area contributed by atoms with Gasteiger partial charge in [-0.05, 0) is 30.7 Å². The first-order valence-electron chi connectivity index (χ1n) is 6.02. The number of carbonyl (C=O) groups excluding carboxylic acids is 1. The number of hydrogen-bond donors (Lipinski definition) is 2. The molecule has 1 heterocycles. The number of nitro groups is 1. The van der Waals surface area contributed by atoms with Gasteiger partial charge in [0.25, 0.3) is 5.69 Å². The van der Waals surface area contributed by atoms with Gasteiger partial charge in [0.1, 0.15) is 6.61 Å². The van der Waals surface area contributed by atoms with Crippen LogP contribution in [0.15, 0.2) is 24.3 Å². The molecule has 8 heteroatoms. The van der Waals surface area contributed by atoms with E-state index in [9.17, 15) is 14.9 Å². The Hall–Kier alpha value is -1.86. The van der Waals surface area contributed by atoms with Crippen molar-refractivity contribution in [3.05, 3.63) is 39.9 Å². The van der Waals surface area contributed by atoms with Crippen LogP contribution in [0.2, 0.25) is 0 Å². The first-order valence-corrected chi connectivity index (χ1v) is 6.02. The molecule has 1 aromatic rings. The molecule has 20 heavy (non-hydrogen) atoms. The van der Waals surface area contributed by atoms with Crippen LogP contribution in [0.4, 0.5) is 10.5 Å². The fourth-order valence-corrected chi connectivity index (χ4v) is 1.85. The molecule has 1 aromatic carbocycles. The number of nitrogens with one attached hydrogen (secondary N) is 2. The minimum Gasteiger partial charge on any atom is -0.445 e. The molecule has 1 saturated heterocycles. The van der Waals surface area contributed by atoms with Gasteiger partial charge in [-0.25, -0.2) is 4.79 Å². The average molecular weight is 302 g/mol. The van der Waals surface area contributed by atoms with Gasteiger partial charge in [0.05, 0.1) is 4.92 Å². The Morgan fingerprint density at radius 3 is 2.70 bits per heavy atom. The van der Waals surface area contributed by atoms with E-state index in [4.69, 9.17) is 4.74 Å². The number of benzene rings is 1. The Bertz CT molecular complexity index is 460. The molecule has 0 saturated carbocycles. The first kappa shape index (κ1) is 16.2. The molecule has 1 fully saturated rings. The number of alkyl carbamates (subject to hydrolysis) is 1. The zero-order valence-electron chi connectivity index (χ0n) is 10.7. The van der Waals surface area contributed by atoms with Crippen molar-refractivity contribution < 1.29 is 14.5 Å². The lowest BCUT2D eigenvalue weighted by molar-refractivity contribution is -0.384. The minimum atomic E-state index is -0.468. The molecule has 0 unspecified atom stereocenters. The largest absolute Gasteiger partial charge is 0.445 e. The number of nitro benzene ring substituents is 1. The molecule has 0 bridgehead atoms. The summed E-state index contributed by atoms with van der Waals surface area (Å²) >= 11 is 0. The summed E-state index contributed by atoms with van der Waals surface area (Å²) in [5.74, 6) is 0. The summed E-state index contributed by atoms with van der Waals surface area (Å²) in [6.45, 7) is 1.75. The van der Waals surface area contributed by atoms with E-state index in [-0.39, 0.29) is 30.7 Å². The van der Waals surface area contributed by atoms with Crippen LogP contribution in [0.3, 0.4) is 0 Å². The van der Waals surface area contributed by atoms with Crippen molar-refractivity contribution in [2.75, 3.05) is 13.1 Å². The van der Waals surface area contributed by atoms with Crippen LogP contribution in [0.1, 0.15) is 12.0 Å². The molecule has 0 aliphatic carbocycles. The molecule has 2 rings (SSSR count). The van der Waals surface area contributed by atoms with E-state index in [1.807, 2.05) is 0 Å². The Labute approximate surface area is 122 Å². The maximum Gasteiger partial charge on any atom is 0.407 e. The van der Waals surface area contributed by atoms with Gasteiger partial charge in [0.15, 0.2) is 0 Å². The van der Waals surface area contributed by atoms with E-state index in [0.717, 1.165) is 19.5 Å². The molecule has 110 valence electrons. The van der Waals surface area contributed by atoms with Crippen molar-refractivity contribution in [2.45, 2.75) is 19.1 Å². The Kier molecular flexibility index (Phi) is 6.20. The topological polar surface area (TPSA) is 93.5 Å². The van der Waals surface area contributed by atoms with E-state index in [1.165, 1.54) is 12.1 Å². The fraction of sp³-hybridized carbons (Fsp3) is 0.417. The van der Waals surface area contributed by atoms with E-state index in [0.29, 0.717) is 5.56 Å². The number of rotatable bonds is 4. The second-order valence-electron chi connectivity index (χ2n) is 4.33. The van der Waals surface area contributed by atoms with E-state index >= 15 is 0 Å². The van der Waals surface area contributed by atoms with Gasteiger partial charge < -0.3 is 15.4 Å². The third-order valence-electron chi connectivity index (χ3n) is 2.90. The third kappa shape index (κ3) is 4.67. The number of non-ortho nitro benzene ring substituents is 1. The lowest BCUT2D eigenvalue weighted by Crippen LogP contribution is -2.36. The van der Waals surface area contributed by atoms with E-state index < -0.39 is 11.0 Å². The standard InChI is InChI=1S/C12H15N3O4.ClH/c16-12(14-10-5-6-13-7-10)19-8-9-1-3-11(4-2-9)15(17)18;/h1-4,10,13H,5-8H2,(H,14,16);1H/t10-;/m1./s1. The summed E-state index contributed by atoms with van der Waals surface area (Å²) in [5.41, 5.74) is 0.732. The number of amides is 1. The zero-order chi connectivity index (χ0) is 13.7. The molecule has 1 amide bonds. The second kappa shape index (κ2) is 7.66. The summed E-state index contributed by atoms with van der Waals surface area (Å²) in [4.78, 5) is 21.5. The van der Waals surface area contributed by atoms with Crippen LogP contribution in [-0.2, 0) is 11.3 Å². The summed E-state index contributed by atoms with van der Waals surface area (Å²) in [5, 5.41) is 16.4. The highest BCUT2D eigenvalue weighted by Gasteiger charge is 2.17. The number of hydrogen-bond acceptors (Lipinski definition) is 5. The summed E-state index contributed by atoms with van der Waals surface area (Å²) in [6.07, 6.45) is 0.430. The van der Waals surface area contributed by atoms with Gasteiger partial charge >= 0.3 is 6.09 Å². The quantitative estimate of drug-likeness (QED) is 0.651. The van der Waals surface area contributed by atoms with Crippen LogP contribution < -0.4 is 10.6 Å². The van der Waals surface area contributed by atoms with Crippen molar-refractivity contribution in [1.82, 2.24) is 10.6 Å². The maximum absolute atomic E-state index is 11.5. The van der Waals surface area contributed by atoms with Crippen LogP contribution in [0, 0.1) is 10.1 Å². The molecule has 1 aliphatic rings. The minimum absolute atomic E-state index is 0. The van der Waals surface area contributed by atoms with Crippen LogP contribution in [0.5, 0.6) is 0 Å². The highest BCUT2D eigenvalue weighted by Crippen LogP contribution is 2.12. The highest BCUT2D eigenvalue weighted by atomic mass is 35.5. The van der Waals surface area contributed by atoms with Gasteiger partial charge in [0.2, 0.25) is 0 Å². The Morgan fingerprint density at radius 1 is 1.45 bits per heavy atom. The van der Waals surface area contributed by atoms with Crippen molar-refractivity contribution in [3.63, 3.8) is 0 Å². The molecule has 1 atom stereocenters. The van der Waals surface area contributed by atoms with Crippen molar-refractivity contribution >= 4 is 24.2 Å².